The summed E-state index contributed by atoms with van der Waals surface area (Å²) >= 11 is 6.13. The topological polar surface area (TPSA) is 41.6 Å². The molecule has 0 radical (unpaired) electrons. The van der Waals surface area contributed by atoms with Crippen LogP contribution in [-0.2, 0) is 4.79 Å². The van der Waals surface area contributed by atoms with Gasteiger partial charge in [0.2, 0.25) is 0 Å². The number of nitrogens with one attached hydrogen (secondary N) is 1. The Hall–Kier alpha value is -1.26. The average molecular weight is 353 g/mol. The van der Waals surface area contributed by atoms with E-state index in [9.17, 15) is 4.79 Å². The molecule has 1 aromatic rings. The van der Waals surface area contributed by atoms with Crippen molar-refractivity contribution in [2.45, 2.75) is 58.6 Å². The van der Waals surface area contributed by atoms with E-state index >= 15 is 0 Å². The van der Waals surface area contributed by atoms with Crippen molar-refractivity contribution in [3.05, 3.63) is 28.8 Å². The molecule has 24 heavy (non-hydrogen) atoms. The van der Waals surface area contributed by atoms with Gasteiger partial charge in [-0.15, -0.1) is 0 Å². The molecule has 2 rings (SSSR count). The minimum atomic E-state index is -0.582. The van der Waals surface area contributed by atoms with Crippen LogP contribution in [0.1, 0.15) is 45.6 Å². The Morgan fingerprint density at radius 2 is 2.00 bits per heavy atom. The van der Waals surface area contributed by atoms with Gasteiger partial charge in [0.1, 0.15) is 5.75 Å². The standard InChI is InChI=1S/C19H29ClN2O2/c1-14-8-9-16(20)17(12-14)24-15(2)18(23)21-13-19(3,4)22-10-6-5-7-11-22/h8-9,12,15H,5-7,10-11,13H2,1-4H3,(H,21,23). The Labute approximate surface area is 150 Å². The van der Waals surface area contributed by atoms with E-state index in [2.05, 4.69) is 24.1 Å². The lowest BCUT2D eigenvalue weighted by Gasteiger charge is -2.41. The minimum absolute atomic E-state index is 0.0449. The number of carbonyl (C=O) groups excluding carboxylic acids is 1. The molecule has 1 N–H and O–H groups in total. The highest BCUT2D eigenvalue weighted by Gasteiger charge is 2.29. The molecule has 1 heterocycles. The van der Waals surface area contributed by atoms with Gasteiger partial charge in [-0.3, -0.25) is 9.69 Å². The van der Waals surface area contributed by atoms with Crippen LogP contribution in [0.2, 0.25) is 5.02 Å². The molecule has 0 aromatic heterocycles. The number of ether oxygens (including phenoxy) is 1. The molecular weight excluding hydrogens is 324 g/mol. The predicted molar refractivity (Wildman–Crippen MR) is 98.8 cm³/mol. The summed E-state index contributed by atoms with van der Waals surface area (Å²) in [5, 5.41) is 3.55. The van der Waals surface area contributed by atoms with Gasteiger partial charge in [-0.25, -0.2) is 0 Å². The van der Waals surface area contributed by atoms with Crippen LogP contribution in [0.5, 0.6) is 5.75 Å². The number of amides is 1. The Morgan fingerprint density at radius 3 is 2.67 bits per heavy atom. The van der Waals surface area contributed by atoms with Crippen LogP contribution in [-0.4, -0.2) is 42.1 Å². The molecule has 1 unspecified atom stereocenters. The van der Waals surface area contributed by atoms with Crippen molar-refractivity contribution in [3.8, 4) is 5.75 Å². The first-order valence-corrected chi connectivity index (χ1v) is 9.13. The molecule has 0 aliphatic carbocycles. The Bertz CT molecular complexity index is 568. The third-order valence-electron chi connectivity index (χ3n) is 4.67. The summed E-state index contributed by atoms with van der Waals surface area (Å²) in [4.78, 5) is 14.8. The number of halogens is 1. The van der Waals surface area contributed by atoms with E-state index in [1.807, 2.05) is 19.1 Å². The van der Waals surface area contributed by atoms with E-state index in [0.29, 0.717) is 17.3 Å². The zero-order chi connectivity index (χ0) is 17.7. The summed E-state index contributed by atoms with van der Waals surface area (Å²) in [6, 6.07) is 5.56. The second-order valence-electron chi connectivity index (χ2n) is 7.27. The van der Waals surface area contributed by atoms with Crippen LogP contribution in [0.3, 0.4) is 0 Å². The maximum absolute atomic E-state index is 12.4. The van der Waals surface area contributed by atoms with Crippen molar-refractivity contribution in [2.75, 3.05) is 19.6 Å². The maximum atomic E-state index is 12.4. The van der Waals surface area contributed by atoms with Crippen LogP contribution in [0, 0.1) is 6.92 Å². The van der Waals surface area contributed by atoms with Crippen molar-refractivity contribution in [3.63, 3.8) is 0 Å². The van der Waals surface area contributed by atoms with Gasteiger partial charge in [0, 0.05) is 12.1 Å². The lowest BCUT2D eigenvalue weighted by atomic mass is 9.98. The smallest absolute Gasteiger partial charge is 0.260 e. The fourth-order valence-electron chi connectivity index (χ4n) is 3.00. The Kier molecular flexibility index (Phi) is 6.53. The second kappa shape index (κ2) is 8.21. The number of hydrogen-bond acceptors (Lipinski definition) is 3. The lowest BCUT2D eigenvalue weighted by Crippen LogP contribution is -2.54. The van der Waals surface area contributed by atoms with Gasteiger partial charge < -0.3 is 10.1 Å². The van der Waals surface area contributed by atoms with Gasteiger partial charge >= 0.3 is 0 Å². The molecule has 1 aliphatic heterocycles. The summed E-state index contributed by atoms with van der Waals surface area (Å²) in [7, 11) is 0. The highest BCUT2D eigenvalue weighted by atomic mass is 35.5. The molecule has 1 fully saturated rings. The molecule has 5 heteroatoms. The van der Waals surface area contributed by atoms with Crippen molar-refractivity contribution in [1.82, 2.24) is 10.2 Å². The van der Waals surface area contributed by atoms with Crippen LogP contribution in [0.15, 0.2) is 18.2 Å². The molecule has 4 nitrogen and oxygen atoms in total. The number of carbonyl (C=O) groups is 1. The number of nitrogens with zero attached hydrogens (tertiary/aromatic N) is 1. The normalized spacial score (nSPS) is 17.4. The van der Waals surface area contributed by atoms with Crippen LogP contribution < -0.4 is 10.1 Å². The average Bonchev–Trinajstić information content (AvgIpc) is 2.56. The third kappa shape index (κ3) is 5.12. The highest BCUT2D eigenvalue weighted by Crippen LogP contribution is 2.26. The zero-order valence-corrected chi connectivity index (χ0v) is 15.9. The number of aryl methyl sites for hydroxylation is 1. The molecule has 1 aliphatic rings. The number of piperidine rings is 1. The van der Waals surface area contributed by atoms with Crippen LogP contribution in [0.25, 0.3) is 0 Å². The molecule has 134 valence electrons. The van der Waals surface area contributed by atoms with Crippen molar-refractivity contribution >= 4 is 17.5 Å². The highest BCUT2D eigenvalue weighted by molar-refractivity contribution is 6.32. The van der Waals surface area contributed by atoms with E-state index < -0.39 is 6.10 Å². The first-order valence-electron chi connectivity index (χ1n) is 8.75. The van der Waals surface area contributed by atoms with Crippen molar-refractivity contribution in [1.29, 1.82) is 0 Å². The zero-order valence-electron chi connectivity index (χ0n) is 15.2. The molecule has 0 bridgehead atoms. The van der Waals surface area contributed by atoms with Gasteiger partial charge in [-0.05, 0) is 71.3 Å². The number of benzene rings is 1. The quantitative estimate of drug-likeness (QED) is 0.846. The number of rotatable bonds is 6. The van der Waals surface area contributed by atoms with Gasteiger partial charge in [0.15, 0.2) is 6.10 Å². The monoisotopic (exact) mass is 352 g/mol. The van der Waals surface area contributed by atoms with E-state index in [1.54, 1.807) is 13.0 Å². The number of hydrogen-bond donors (Lipinski definition) is 1. The maximum Gasteiger partial charge on any atom is 0.260 e. The lowest BCUT2D eigenvalue weighted by molar-refractivity contribution is -0.127. The Morgan fingerprint density at radius 1 is 1.33 bits per heavy atom. The molecule has 1 atom stereocenters. The summed E-state index contributed by atoms with van der Waals surface area (Å²) in [5.41, 5.74) is 1.00. The first-order chi connectivity index (χ1) is 11.3. The first kappa shape index (κ1) is 19.1. The van der Waals surface area contributed by atoms with E-state index in [-0.39, 0.29) is 11.4 Å². The largest absolute Gasteiger partial charge is 0.479 e. The van der Waals surface area contributed by atoms with Gasteiger partial charge in [0.25, 0.3) is 5.91 Å². The van der Waals surface area contributed by atoms with Gasteiger partial charge in [-0.1, -0.05) is 24.1 Å². The minimum Gasteiger partial charge on any atom is -0.479 e. The molecule has 1 amide bonds. The molecule has 1 saturated heterocycles. The molecular formula is C19H29ClN2O2. The molecule has 1 aromatic carbocycles. The van der Waals surface area contributed by atoms with E-state index in [0.717, 1.165) is 18.7 Å². The third-order valence-corrected chi connectivity index (χ3v) is 4.98. The summed E-state index contributed by atoms with van der Waals surface area (Å²) in [6.07, 6.45) is 3.20. The van der Waals surface area contributed by atoms with Crippen molar-refractivity contribution in [2.24, 2.45) is 0 Å². The fourth-order valence-corrected chi connectivity index (χ4v) is 3.17. The van der Waals surface area contributed by atoms with E-state index in [1.165, 1.54) is 19.3 Å². The van der Waals surface area contributed by atoms with Crippen LogP contribution in [0.4, 0.5) is 0 Å². The number of likely N-dealkylation sites (tertiary alicyclic amines) is 1. The summed E-state index contributed by atoms with van der Waals surface area (Å²) in [5.74, 6) is 0.437. The summed E-state index contributed by atoms with van der Waals surface area (Å²) < 4.78 is 5.74. The molecule has 0 spiro atoms. The van der Waals surface area contributed by atoms with Gasteiger partial charge in [0.05, 0.1) is 5.02 Å². The predicted octanol–water partition coefficient (Wildman–Crippen LogP) is 3.80. The van der Waals surface area contributed by atoms with E-state index in [4.69, 9.17) is 16.3 Å². The SMILES string of the molecule is Cc1ccc(Cl)c(OC(C)C(=O)NCC(C)(C)N2CCCCC2)c1. The second-order valence-corrected chi connectivity index (χ2v) is 7.68. The Balaban J connectivity index is 1.88. The van der Waals surface area contributed by atoms with Gasteiger partial charge in [-0.2, -0.15) is 0 Å². The van der Waals surface area contributed by atoms with Crippen molar-refractivity contribution < 1.29 is 9.53 Å². The fraction of sp³-hybridized carbons (Fsp3) is 0.632. The van der Waals surface area contributed by atoms with Crippen LogP contribution >= 0.6 is 11.6 Å². The summed E-state index contributed by atoms with van der Waals surface area (Å²) in [6.45, 7) is 10.9. The molecule has 0 saturated carbocycles.